The topological polar surface area (TPSA) is 81.9 Å². The smallest absolute Gasteiger partial charge is 0.270 e. The van der Waals surface area contributed by atoms with Crippen molar-refractivity contribution >= 4 is 18.1 Å². The number of rotatable bonds is 6. The first kappa shape index (κ1) is 14.7. The van der Waals surface area contributed by atoms with E-state index in [1.807, 2.05) is 24.3 Å². The fourth-order valence-corrected chi connectivity index (χ4v) is 1.61. The number of nitrogens with one attached hydrogen (secondary N) is 1. The molecule has 0 unspecified atom stereocenters. The molecule has 21 heavy (non-hydrogen) atoms. The van der Waals surface area contributed by atoms with Crippen LogP contribution in [0.1, 0.15) is 25.3 Å². The maximum atomic E-state index is 11.7. The number of tetrazole rings is 1. The molecule has 0 fully saturated rings. The average Bonchev–Trinajstić information content (AvgIpc) is 2.93. The largest absolute Gasteiger partial charge is 0.484 e. The Kier molecular flexibility index (Phi) is 4.65. The Bertz CT molecular complexity index is 619. The lowest BCUT2D eigenvalue weighted by Crippen LogP contribution is -2.21. The summed E-state index contributed by atoms with van der Waals surface area (Å²) in [6.07, 6.45) is 1.37. The summed E-state index contributed by atoms with van der Waals surface area (Å²) in [5.74, 6) is 0.850. The Hall–Kier alpha value is -2.70. The molecule has 1 aromatic carbocycles. The lowest BCUT2D eigenvalue weighted by Gasteiger charge is -2.08. The molecular formula is C14H17N5O2. The SMILES string of the molecule is C=Cn1nnc(NC(=O)COc2ccc(C(C)C)cc2)n1. The highest BCUT2D eigenvalue weighted by Gasteiger charge is 2.08. The van der Waals surface area contributed by atoms with Crippen LogP contribution in [0.3, 0.4) is 0 Å². The molecule has 0 aliphatic carbocycles. The molecule has 2 rings (SSSR count). The Morgan fingerprint density at radius 3 is 2.71 bits per heavy atom. The van der Waals surface area contributed by atoms with Crippen LogP contribution in [0.4, 0.5) is 5.95 Å². The summed E-state index contributed by atoms with van der Waals surface area (Å²) in [5.41, 5.74) is 1.22. The monoisotopic (exact) mass is 287 g/mol. The molecule has 7 heteroatoms. The van der Waals surface area contributed by atoms with Gasteiger partial charge in [0.2, 0.25) is 0 Å². The molecular weight excluding hydrogens is 270 g/mol. The van der Waals surface area contributed by atoms with Gasteiger partial charge in [-0.15, -0.1) is 9.90 Å². The van der Waals surface area contributed by atoms with Crippen LogP contribution < -0.4 is 10.1 Å². The molecule has 1 amide bonds. The fraction of sp³-hybridized carbons (Fsp3) is 0.286. The molecule has 0 aliphatic rings. The van der Waals surface area contributed by atoms with E-state index in [1.54, 1.807) is 0 Å². The first-order chi connectivity index (χ1) is 10.1. The molecule has 0 saturated carbocycles. The third kappa shape index (κ3) is 4.13. The van der Waals surface area contributed by atoms with Gasteiger partial charge in [-0.25, -0.2) is 0 Å². The second kappa shape index (κ2) is 6.65. The molecule has 0 spiro atoms. The summed E-state index contributed by atoms with van der Waals surface area (Å²) < 4.78 is 5.39. The maximum absolute atomic E-state index is 11.7. The predicted octanol–water partition coefficient (Wildman–Crippen LogP) is 1.91. The zero-order valence-corrected chi connectivity index (χ0v) is 12.0. The van der Waals surface area contributed by atoms with E-state index in [0.29, 0.717) is 11.7 Å². The molecule has 0 radical (unpaired) electrons. The van der Waals surface area contributed by atoms with Gasteiger partial charge < -0.3 is 4.74 Å². The van der Waals surface area contributed by atoms with Crippen molar-refractivity contribution in [3.63, 3.8) is 0 Å². The van der Waals surface area contributed by atoms with E-state index in [2.05, 4.69) is 41.2 Å². The minimum atomic E-state index is -0.355. The standard InChI is InChI=1S/C14H17N5O2/c1-4-19-17-14(16-18-19)15-13(20)9-21-12-7-5-11(6-8-12)10(2)3/h4-8,10H,1,9H2,2-3H3,(H,15,17,20). The van der Waals surface area contributed by atoms with E-state index in [1.165, 1.54) is 11.8 Å². The third-order valence-corrected chi connectivity index (χ3v) is 2.76. The predicted molar refractivity (Wildman–Crippen MR) is 78.9 cm³/mol. The molecule has 1 heterocycles. The molecule has 7 nitrogen and oxygen atoms in total. The van der Waals surface area contributed by atoms with Crippen LogP contribution in [0.2, 0.25) is 0 Å². The van der Waals surface area contributed by atoms with Crippen LogP contribution in [-0.2, 0) is 4.79 Å². The number of amides is 1. The number of carbonyl (C=O) groups is 1. The molecule has 1 aromatic heterocycles. The van der Waals surface area contributed by atoms with Crippen molar-refractivity contribution in [3.8, 4) is 5.75 Å². The summed E-state index contributed by atoms with van der Waals surface area (Å²) in [6, 6.07) is 7.65. The summed E-state index contributed by atoms with van der Waals surface area (Å²) in [4.78, 5) is 12.8. The van der Waals surface area contributed by atoms with Gasteiger partial charge in [-0.2, -0.15) is 0 Å². The van der Waals surface area contributed by atoms with Crippen LogP contribution in [0, 0.1) is 0 Å². The number of anilines is 1. The van der Waals surface area contributed by atoms with Gasteiger partial charge in [0.05, 0.1) is 0 Å². The van der Waals surface area contributed by atoms with Crippen molar-refractivity contribution in [2.75, 3.05) is 11.9 Å². The van der Waals surface area contributed by atoms with Gasteiger partial charge in [0.1, 0.15) is 5.75 Å². The zero-order valence-electron chi connectivity index (χ0n) is 12.0. The zero-order chi connectivity index (χ0) is 15.2. The van der Waals surface area contributed by atoms with Crippen molar-refractivity contribution in [3.05, 3.63) is 36.4 Å². The van der Waals surface area contributed by atoms with Gasteiger partial charge in [-0.3, -0.25) is 10.1 Å². The van der Waals surface area contributed by atoms with E-state index in [-0.39, 0.29) is 18.5 Å². The van der Waals surface area contributed by atoms with Crippen molar-refractivity contribution in [1.29, 1.82) is 0 Å². The summed E-state index contributed by atoms with van der Waals surface area (Å²) in [6.45, 7) is 7.59. The molecule has 0 atom stereocenters. The van der Waals surface area contributed by atoms with Gasteiger partial charge in [-0.05, 0) is 28.8 Å². The molecule has 0 aliphatic heterocycles. The Balaban J connectivity index is 1.84. The number of hydrogen-bond donors (Lipinski definition) is 1. The lowest BCUT2D eigenvalue weighted by atomic mass is 10.0. The van der Waals surface area contributed by atoms with Gasteiger partial charge in [-0.1, -0.05) is 37.7 Å². The van der Waals surface area contributed by atoms with Crippen LogP contribution in [0.15, 0.2) is 30.8 Å². The quantitative estimate of drug-likeness (QED) is 0.877. The molecule has 0 bridgehead atoms. The Morgan fingerprint density at radius 1 is 1.43 bits per heavy atom. The van der Waals surface area contributed by atoms with E-state index < -0.39 is 0 Å². The molecule has 110 valence electrons. The third-order valence-electron chi connectivity index (χ3n) is 2.76. The summed E-state index contributed by atoms with van der Waals surface area (Å²) in [5, 5.41) is 13.6. The van der Waals surface area contributed by atoms with Gasteiger partial charge >= 0.3 is 0 Å². The molecule has 0 saturated heterocycles. The first-order valence-corrected chi connectivity index (χ1v) is 6.53. The second-order valence-electron chi connectivity index (χ2n) is 4.68. The van der Waals surface area contributed by atoms with Crippen molar-refractivity contribution in [2.45, 2.75) is 19.8 Å². The van der Waals surface area contributed by atoms with Gasteiger partial charge in [0.15, 0.2) is 6.61 Å². The minimum absolute atomic E-state index is 0.110. The van der Waals surface area contributed by atoms with E-state index in [9.17, 15) is 4.79 Å². The number of benzene rings is 1. The number of nitrogens with zero attached hydrogens (tertiary/aromatic N) is 4. The number of aromatic nitrogens is 4. The first-order valence-electron chi connectivity index (χ1n) is 6.53. The maximum Gasteiger partial charge on any atom is 0.270 e. The van der Waals surface area contributed by atoms with Crippen LogP contribution in [-0.4, -0.2) is 32.7 Å². The van der Waals surface area contributed by atoms with E-state index >= 15 is 0 Å². The van der Waals surface area contributed by atoms with E-state index in [0.717, 1.165) is 4.80 Å². The molecule has 1 N–H and O–H groups in total. The fourth-order valence-electron chi connectivity index (χ4n) is 1.61. The van der Waals surface area contributed by atoms with Crippen LogP contribution in [0.5, 0.6) is 5.75 Å². The summed E-state index contributed by atoms with van der Waals surface area (Å²) in [7, 11) is 0. The number of ether oxygens (including phenoxy) is 1. The normalized spacial score (nSPS) is 10.4. The van der Waals surface area contributed by atoms with Crippen LogP contribution in [0.25, 0.3) is 6.20 Å². The van der Waals surface area contributed by atoms with Crippen LogP contribution >= 0.6 is 0 Å². The highest BCUT2D eigenvalue weighted by molar-refractivity contribution is 5.90. The highest BCUT2D eigenvalue weighted by Crippen LogP contribution is 2.18. The second-order valence-corrected chi connectivity index (χ2v) is 4.68. The lowest BCUT2D eigenvalue weighted by molar-refractivity contribution is -0.118. The van der Waals surface area contributed by atoms with Crippen molar-refractivity contribution in [2.24, 2.45) is 0 Å². The van der Waals surface area contributed by atoms with Gasteiger partial charge in [0.25, 0.3) is 11.9 Å². The number of carbonyl (C=O) groups excluding carboxylic acids is 1. The molecule has 2 aromatic rings. The summed E-state index contributed by atoms with van der Waals surface area (Å²) >= 11 is 0. The van der Waals surface area contributed by atoms with Crippen molar-refractivity contribution in [1.82, 2.24) is 20.2 Å². The Morgan fingerprint density at radius 2 is 2.14 bits per heavy atom. The average molecular weight is 287 g/mol. The highest BCUT2D eigenvalue weighted by atomic mass is 16.5. The van der Waals surface area contributed by atoms with Gasteiger partial charge in [0, 0.05) is 6.20 Å². The minimum Gasteiger partial charge on any atom is -0.484 e. The number of hydrogen-bond acceptors (Lipinski definition) is 5. The Labute approximate surface area is 122 Å². The van der Waals surface area contributed by atoms with Crippen molar-refractivity contribution < 1.29 is 9.53 Å². The van der Waals surface area contributed by atoms with E-state index in [4.69, 9.17) is 4.74 Å².